The van der Waals surface area contributed by atoms with Gasteiger partial charge in [0, 0.05) is 14.9 Å². The van der Waals surface area contributed by atoms with Gasteiger partial charge in [-0.3, -0.25) is 14.4 Å². The van der Waals surface area contributed by atoms with Crippen molar-refractivity contribution < 1.29 is 19.1 Å². The van der Waals surface area contributed by atoms with Crippen LogP contribution in [-0.2, 0) is 9.59 Å². The topological polar surface area (TPSA) is 96.5 Å². The molecule has 0 aliphatic carbocycles. The van der Waals surface area contributed by atoms with Crippen molar-refractivity contribution in [1.29, 1.82) is 0 Å². The molecule has 3 aromatic rings. The molecule has 3 amide bonds. The number of para-hydroxylation sites is 1. The summed E-state index contributed by atoms with van der Waals surface area (Å²) in [6.45, 7) is 5.16. The van der Waals surface area contributed by atoms with Crippen LogP contribution in [0.15, 0.2) is 72.8 Å². The zero-order valence-electron chi connectivity index (χ0n) is 19.1. The Kier molecular flexibility index (Phi) is 8.64. The highest BCUT2D eigenvalue weighted by atomic mass is 127. The number of aryl methyl sites for hydroxylation is 1. The van der Waals surface area contributed by atoms with Gasteiger partial charge in [-0.2, -0.15) is 0 Å². The molecule has 0 aliphatic heterocycles. The maximum atomic E-state index is 12.9. The number of ether oxygens (including phenoxy) is 1. The minimum atomic E-state index is -0.851. The van der Waals surface area contributed by atoms with E-state index in [1.54, 1.807) is 62.4 Å². The fourth-order valence-electron chi connectivity index (χ4n) is 3.01. The molecule has 3 aromatic carbocycles. The third-order valence-corrected chi connectivity index (χ3v) is 5.70. The van der Waals surface area contributed by atoms with E-state index >= 15 is 0 Å². The fourth-order valence-corrected chi connectivity index (χ4v) is 3.37. The Bertz CT molecular complexity index is 1160. The summed E-state index contributed by atoms with van der Waals surface area (Å²) in [5.41, 5.74) is 2.61. The minimum Gasteiger partial charge on any atom is -0.480 e. The van der Waals surface area contributed by atoms with E-state index in [1.807, 2.05) is 31.2 Å². The largest absolute Gasteiger partial charge is 0.480 e. The first-order chi connectivity index (χ1) is 16.2. The van der Waals surface area contributed by atoms with Crippen LogP contribution >= 0.6 is 22.6 Å². The molecule has 176 valence electrons. The highest BCUT2D eigenvalue weighted by molar-refractivity contribution is 14.1. The van der Waals surface area contributed by atoms with E-state index in [4.69, 9.17) is 4.74 Å². The molecule has 34 heavy (non-hydrogen) atoms. The van der Waals surface area contributed by atoms with Crippen molar-refractivity contribution in [1.82, 2.24) is 5.32 Å². The van der Waals surface area contributed by atoms with Gasteiger partial charge in [0.05, 0.1) is 5.56 Å². The Morgan fingerprint density at radius 1 is 0.794 bits per heavy atom. The first-order valence-corrected chi connectivity index (χ1v) is 11.8. The second kappa shape index (κ2) is 11.6. The molecule has 0 aliphatic rings. The smallest absolute Gasteiger partial charge is 0.265 e. The average Bonchev–Trinajstić information content (AvgIpc) is 2.82. The molecule has 0 fully saturated rings. The van der Waals surface area contributed by atoms with Crippen LogP contribution in [0.4, 0.5) is 11.4 Å². The number of hydrogen-bond donors (Lipinski definition) is 3. The molecule has 0 bridgehead atoms. The van der Waals surface area contributed by atoms with Crippen molar-refractivity contribution in [3.63, 3.8) is 0 Å². The summed E-state index contributed by atoms with van der Waals surface area (Å²) in [5.74, 6) is -0.924. The summed E-state index contributed by atoms with van der Waals surface area (Å²) in [6, 6.07) is 20.6. The first kappa shape index (κ1) is 25.2. The van der Waals surface area contributed by atoms with Crippen molar-refractivity contribution >= 4 is 51.7 Å². The number of halogens is 1. The van der Waals surface area contributed by atoms with Gasteiger partial charge in [-0.1, -0.05) is 29.8 Å². The normalized spacial score (nSPS) is 12.2. The van der Waals surface area contributed by atoms with Crippen LogP contribution in [-0.4, -0.2) is 29.9 Å². The Labute approximate surface area is 212 Å². The highest BCUT2D eigenvalue weighted by Gasteiger charge is 2.22. The quantitative estimate of drug-likeness (QED) is 0.340. The summed E-state index contributed by atoms with van der Waals surface area (Å²) in [6.07, 6.45) is -0.851. The van der Waals surface area contributed by atoms with Gasteiger partial charge in [-0.15, -0.1) is 0 Å². The maximum absolute atomic E-state index is 12.9. The second-order valence-corrected chi connectivity index (χ2v) is 9.05. The Morgan fingerprint density at radius 2 is 1.35 bits per heavy atom. The summed E-state index contributed by atoms with van der Waals surface area (Å²) in [4.78, 5) is 37.9. The molecule has 8 heteroatoms. The van der Waals surface area contributed by atoms with E-state index in [0.29, 0.717) is 11.4 Å². The number of benzene rings is 3. The third-order valence-electron chi connectivity index (χ3n) is 4.98. The Morgan fingerprint density at radius 3 is 2.00 bits per heavy atom. The van der Waals surface area contributed by atoms with E-state index in [1.165, 1.54) is 0 Å². The molecule has 0 radical (unpaired) electrons. The Hall–Kier alpha value is -3.40. The molecule has 0 aromatic heterocycles. The second-order valence-electron chi connectivity index (χ2n) is 7.80. The van der Waals surface area contributed by atoms with Crippen LogP contribution in [0, 0.1) is 10.5 Å². The van der Waals surface area contributed by atoms with Crippen molar-refractivity contribution in [3.8, 4) is 5.75 Å². The van der Waals surface area contributed by atoms with Gasteiger partial charge in [0.15, 0.2) is 6.10 Å². The summed E-state index contributed by atoms with van der Waals surface area (Å²) in [7, 11) is 0. The van der Waals surface area contributed by atoms with Crippen molar-refractivity contribution in [3.05, 3.63) is 87.5 Å². The number of rotatable bonds is 8. The van der Waals surface area contributed by atoms with Crippen molar-refractivity contribution in [2.75, 3.05) is 10.6 Å². The molecule has 3 rings (SSSR count). The lowest BCUT2D eigenvalue weighted by atomic mass is 10.1. The zero-order chi connectivity index (χ0) is 24.7. The third kappa shape index (κ3) is 7.05. The SMILES string of the molecule is Cc1ccc(NC(=O)[C@@H](C)NC(=O)c2ccccc2O[C@H](C)C(=O)Nc2ccc(I)cc2)cc1. The molecule has 2 atom stereocenters. The number of carbonyl (C=O) groups excluding carboxylic acids is 3. The highest BCUT2D eigenvalue weighted by Crippen LogP contribution is 2.20. The van der Waals surface area contributed by atoms with Gasteiger partial charge >= 0.3 is 0 Å². The van der Waals surface area contributed by atoms with Gasteiger partial charge in [0.2, 0.25) is 5.91 Å². The number of amides is 3. The molecule has 3 N–H and O–H groups in total. The van der Waals surface area contributed by atoms with Crippen LogP contribution in [0.3, 0.4) is 0 Å². The summed E-state index contributed by atoms with van der Waals surface area (Å²) >= 11 is 2.19. The number of hydrogen-bond acceptors (Lipinski definition) is 4. The maximum Gasteiger partial charge on any atom is 0.265 e. The molecule has 0 saturated heterocycles. The molecular formula is C26H26IN3O4. The standard InChI is InChI=1S/C26H26IN3O4/c1-16-8-12-20(13-9-16)29-24(31)17(2)28-26(33)22-6-4-5-7-23(22)34-18(3)25(32)30-21-14-10-19(27)11-15-21/h4-15,17-18H,1-3H3,(H,28,33)(H,29,31)(H,30,32)/t17-,18-/m1/s1. The van der Waals surface area contributed by atoms with Crippen LogP contribution < -0.4 is 20.7 Å². The van der Waals surface area contributed by atoms with E-state index in [-0.39, 0.29) is 23.1 Å². The van der Waals surface area contributed by atoms with Crippen LogP contribution in [0.1, 0.15) is 29.8 Å². The summed E-state index contributed by atoms with van der Waals surface area (Å²) < 4.78 is 6.86. The first-order valence-electron chi connectivity index (χ1n) is 10.7. The lowest BCUT2D eigenvalue weighted by Gasteiger charge is -2.18. The van der Waals surface area contributed by atoms with Gasteiger partial charge in [-0.05, 0) is 91.9 Å². The summed E-state index contributed by atoms with van der Waals surface area (Å²) in [5, 5.41) is 8.25. The molecular weight excluding hydrogens is 545 g/mol. The van der Waals surface area contributed by atoms with Crippen LogP contribution in [0.2, 0.25) is 0 Å². The molecule has 0 spiro atoms. The van der Waals surface area contributed by atoms with Crippen LogP contribution in [0.5, 0.6) is 5.75 Å². The lowest BCUT2D eigenvalue weighted by molar-refractivity contribution is -0.122. The zero-order valence-corrected chi connectivity index (χ0v) is 21.3. The van der Waals surface area contributed by atoms with E-state index in [2.05, 4.69) is 38.5 Å². The average molecular weight is 571 g/mol. The van der Waals surface area contributed by atoms with Crippen molar-refractivity contribution in [2.24, 2.45) is 0 Å². The monoisotopic (exact) mass is 571 g/mol. The van der Waals surface area contributed by atoms with Gasteiger partial charge in [-0.25, -0.2) is 0 Å². The predicted octanol–water partition coefficient (Wildman–Crippen LogP) is 4.76. The lowest BCUT2D eigenvalue weighted by Crippen LogP contribution is -2.41. The van der Waals surface area contributed by atoms with E-state index in [0.717, 1.165) is 9.13 Å². The number of anilines is 2. The van der Waals surface area contributed by atoms with Gasteiger partial charge < -0.3 is 20.7 Å². The Balaban J connectivity index is 1.62. The molecule has 0 unspecified atom stereocenters. The van der Waals surface area contributed by atoms with Gasteiger partial charge in [0.25, 0.3) is 11.8 Å². The van der Waals surface area contributed by atoms with Gasteiger partial charge in [0.1, 0.15) is 11.8 Å². The van der Waals surface area contributed by atoms with Crippen LogP contribution in [0.25, 0.3) is 0 Å². The van der Waals surface area contributed by atoms with Crippen molar-refractivity contribution in [2.45, 2.75) is 32.9 Å². The fraction of sp³-hybridized carbons (Fsp3) is 0.192. The minimum absolute atomic E-state index is 0.228. The molecule has 7 nitrogen and oxygen atoms in total. The number of nitrogens with one attached hydrogen (secondary N) is 3. The van der Waals surface area contributed by atoms with E-state index in [9.17, 15) is 14.4 Å². The molecule has 0 saturated carbocycles. The predicted molar refractivity (Wildman–Crippen MR) is 141 cm³/mol. The van der Waals surface area contributed by atoms with E-state index < -0.39 is 18.1 Å². The molecule has 0 heterocycles. The number of carbonyl (C=O) groups is 3.